The minimum Gasteiger partial charge on any atom is -0.353 e. The molecule has 7 nitrogen and oxygen atoms in total. The SMILES string of the molecule is Cc1noc([C@]23C[C@H](NC(=O)C4CC4)C[C@H]2CN(C(=O)C(C)C)C3)n1. The molecular formula is C18H26N4O3. The zero-order chi connectivity index (χ0) is 17.8. The van der Waals surface area contributed by atoms with Gasteiger partial charge in [-0.2, -0.15) is 4.98 Å². The molecule has 7 heteroatoms. The van der Waals surface area contributed by atoms with Crippen LogP contribution in [0.1, 0.15) is 51.2 Å². The van der Waals surface area contributed by atoms with Crippen molar-refractivity contribution >= 4 is 11.8 Å². The molecule has 2 amide bonds. The molecule has 1 aliphatic heterocycles. The number of nitrogens with one attached hydrogen (secondary N) is 1. The van der Waals surface area contributed by atoms with Crippen molar-refractivity contribution in [2.24, 2.45) is 17.8 Å². The quantitative estimate of drug-likeness (QED) is 0.891. The molecule has 0 unspecified atom stereocenters. The number of fused-ring (bicyclic) bond motifs is 1. The van der Waals surface area contributed by atoms with Crippen LogP contribution in [0.15, 0.2) is 4.52 Å². The van der Waals surface area contributed by atoms with Gasteiger partial charge in [-0.1, -0.05) is 19.0 Å². The maximum atomic E-state index is 12.5. The van der Waals surface area contributed by atoms with Gasteiger partial charge < -0.3 is 14.7 Å². The van der Waals surface area contributed by atoms with Crippen LogP contribution in [0.3, 0.4) is 0 Å². The van der Waals surface area contributed by atoms with Crippen molar-refractivity contribution in [2.45, 2.75) is 57.9 Å². The number of hydrogen-bond acceptors (Lipinski definition) is 5. The largest absolute Gasteiger partial charge is 0.353 e. The molecule has 1 saturated heterocycles. The highest BCUT2D eigenvalue weighted by molar-refractivity contribution is 5.81. The average Bonchev–Trinajstić information content (AvgIpc) is 3.10. The van der Waals surface area contributed by atoms with E-state index < -0.39 is 0 Å². The molecule has 25 heavy (non-hydrogen) atoms. The first-order valence-electron chi connectivity index (χ1n) is 9.29. The monoisotopic (exact) mass is 346 g/mol. The van der Waals surface area contributed by atoms with E-state index in [0.717, 1.165) is 25.7 Å². The third-order valence-electron chi connectivity index (χ3n) is 5.93. The number of carbonyl (C=O) groups is 2. The van der Waals surface area contributed by atoms with Gasteiger partial charge in [-0.05, 0) is 38.5 Å². The molecule has 3 aliphatic rings. The van der Waals surface area contributed by atoms with Crippen LogP contribution in [0.4, 0.5) is 0 Å². The van der Waals surface area contributed by atoms with Crippen molar-refractivity contribution in [2.75, 3.05) is 13.1 Å². The number of amides is 2. The first kappa shape index (κ1) is 16.5. The summed E-state index contributed by atoms with van der Waals surface area (Å²) in [6, 6.07) is 0.126. The summed E-state index contributed by atoms with van der Waals surface area (Å²) in [4.78, 5) is 31.1. The maximum Gasteiger partial charge on any atom is 0.235 e. The molecule has 3 fully saturated rings. The van der Waals surface area contributed by atoms with Crippen LogP contribution in [0.5, 0.6) is 0 Å². The second-order valence-electron chi connectivity index (χ2n) is 8.29. The number of likely N-dealkylation sites (tertiary alicyclic amines) is 1. The van der Waals surface area contributed by atoms with Crippen LogP contribution in [-0.4, -0.2) is 46.0 Å². The minimum atomic E-state index is -0.326. The molecule has 2 saturated carbocycles. The highest BCUT2D eigenvalue weighted by Crippen LogP contribution is 2.50. The van der Waals surface area contributed by atoms with Gasteiger partial charge >= 0.3 is 0 Å². The van der Waals surface area contributed by atoms with Crippen LogP contribution in [0.2, 0.25) is 0 Å². The lowest BCUT2D eigenvalue weighted by Gasteiger charge is -2.26. The Kier molecular flexibility index (Phi) is 3.85. The van der Waals surface area contributed by atoms with E-state index in [9.17, 15) is 9.59 Å². The second-order valence-corrected chi connectivity index (χ2v) is 8.29. The molecule has 1 aromatic heterocycles. The highest BCUT2D eigenvalue weighted by atomic mass is 16.5. The number of carbonyl (C=O) groups excluding carboxylic acids is 2. The summed E-state index contributed by atoms with van der Waals surface area (Å²) in [5.74, 6) is 2.02. The minimum absolute atomic E-state index is 0.0225. The van der Waals surface area contributed by atoms with E-state index in [4.69, 9.17) is 4.52 Å². The predicted octanol–water partition coefficient (Wildman–Crippen LogP) is 1.42. The molecule has 0 aromatic carbocycles. The predicted molar refractivity (Wildman–Crippen MR) is 89.5 cm³/mol. The number of aryl methyl sites for hydroxylation is 1. The number of nitrogens with zero attached hydrogens (tertiary/aromatic N) is 3. The molecule has 2 heterocycles. The first-order valence-corrected chi connectivity index (χ1v) is 9.29. The first-order chi connectivity index (χ1) is 11.9. The van der Waals surface area contributed by atoms with Gasteiger partial charge in [0.2, 0.25) is 17.7 Å². The molecule has 0 spiro atoms. The molecule has 2 aliphatic carbocycles. The van der Waals surface area contributed by atoms with Crippen molar-refractivity contribution in [3.8, 4) is 0 Å². The van der Waals surface area contributed by atoms with E-state index >= 15 is 0 Å². The molecule has 1 N–H and O–H groups in total. The maximum absolute atomic E-state index is 12.5. The van der Waals surface area contributed by atoms with Gasteiger partial charge in [0.05, 0.1) is 5.41 Å². The number of rotatable bonds is 4. The topological polar surface area (TPSA) is 88.3 Å². The zero-order valence-corrected chi connectivity index (χ0v) is 15.1. The summed E-state index contributed by atoms with van der Waals surface area (Å²) in [6.07, 6.45) is 3.64. The smallest absolute Gasteiger partial charge is 0.235 e. The summed E-state index contributed by atoms with van der Waals surface area (Å²) < 4.78 is 5.54. The Hall–Kier alpha value is -1.92. The molecular weight excluding hydrogens is 320 g/mol. The van der Waals surface area contributed by atoms with Crippen LogP contribution in [-0.2, 0) is 15.0 Å². The van der Waals surface area contributed by atoms with Crippen molar-refractivity contribution in [3.05, 3.63) is 11.7 Å². The summed E-state index contributed by atoms with van der Waals surface area (Å²) in [5.41, 5.74) is -0.326. The average molecular weight is 346 g/mol. The van der Waals surface area contributed by atoms with Crippen LogP contribution >= 0.6 is 0 Å². The van der Waals surface area contributed by atoms with E-state index in [1.807, 2.05) is 25.7 Å². The third kappa shape index (κ3) is 2.83. The molecule has 1 aromatic rings. The van der Waals surface area contributed by atoms with Crippen molar-refractivity contribution < 1.29 is 14.1 Å². The van der Waals surface area contributed by atoms with Gasteiger partial charge in [0.15, 0.2) is 5.82 Å². The third-order valence-corrected chi connectivity index (χ3v) is 5.93. The summed E-state index contributed by atoms with van der Waals surface area (Å²) >= 11 is 0. The van der Waals surface area contributed by atoms with Gasteiger partial charge in [-0.3, -0.25) is 9.59 Å². The van der Waals surface area contributed by atoms with E-state index in [1.54, 1.807) is 0 Å². The Bertz CT molecular complexity index is 696. The molecule has 0 radical (unpaired) electrons. The van der Waals surface area contributed by atoms with Crippen molar-refractivity contribution in [1.29, 1.82) is 0 Å². The lowest BCUT2D eigenvalue weighted by Crippen LogP contribution is -2.40. The number of aromatic nitrogens is 2. The Morgan fingerprint density at radius 1 is 1.36 bits per heavy atom. The summed E-state index contributed by atoms with van der Waals surface area (Å²) in [7, 11) is 0. The van der Waals surface area contributed by atoms with Gasteiger partial charge in [0.25, 0.3) is 0 Å². The van der Waals surface area contributed by atoms with E-state index in [-0.39, 0.29) is 41.0 Å². The number of hydrogen-bond donors (Lipinski definition) is 1. The van der Waals surface area contributed by atoms with Crippen LogP contribution in [0, 0.1) is 24.7 Å². The van der Waals surface area contributed by atoms with Gasteiger partial charge in [0.1, 0.15) is 0 Å². The molecule has 3 atom stereocenters. The van der Waals surface area contributed by atoms with E-state index in [1.165, 1.54) is 0 Å². The lowest BCUT2D eigenvalue weighted by molar-refractivity contribution is -0.134. The molecule has 0 bridgehead atoms. The van der Waals surface area contributed by atoms with Crippen LogP contribution in [0.25, 0.3) is 0 Å². The van der Waals surface area contributed by atoms with Crippen molar-refractivity contribution in [3.63, 3.8) is 0 Å². The summed E-state index contributed by atoms with van der Waals surface area (Å²) in [5, 5.41) is 7.17. The summed E-state index contributed by atoms with van der Waals surface area (Å²) in [6.45, 7) is 6.98. The Morgan fingerprint density at radius 3 is 2.72 bits per heavy atom. The van der Waals surface area contributed by atoms with Crippen molar-refractivity contribution in [1.82, 2.24) is 20.4 Å². The Morgan fingerprint density at radius 2 is 2.12 bits per heavy atom. The fourth-order valence-electron chi connectivity index (χ4n) is 4.51. The molecule has 4 rings (SSSR count). The fraction of sp³-hybridized carbons (Fsp3) is 0.778. The fourth-order valence-corrected chi connectivity index (χ4v) is 4.51. The molecule has 136 valence electrons. The Balaban J connectivity index is 1.57. The normalized spacial score (nSPS) is 31.4. The standard InChI is InChI=1S/C18H26N4O3/c1-10(2)16(24)22-8-13-6-14(20-15(23)12-4-5-12)7-18(13,9-22)17-19-11(3)21-25-17/h10,12-14H,4-9H2,1-3H3,(H,20,23)/t13-,14+,18-/m0/s1. The van der Waals surface area contributed by atoms with Gasteiger partial charge in [-0.25, -0.2) is 0 Å². The zero-order valence-electron chi connectivity index (χ0n) is 15.1. The van der Waals surface area contributed by atoms with E-state index in [2.05, 4.69) is 15.5 Å². The van der Waals surface area contributed by atoms with Gasteiger partial charge in [0, 0.05) is 31.0 Å². The Labute approximate surface area is 147 Å². The lowest BCUT2D eigenvalue weighted by atomic mass is 9.80. The second kappa shape index (κ2) is 5.81. The van der Waals surface area contributed by atoms with Gasteiger partial charge in [-0.15, -0.1) is 0 Å². The van der Waals surface area contributed by atoms with Crippen LogP contribution < -0.4 is 5.32 Å². The highest BCUT2D eigenvalue weighted by Gasteiger charge is 2.58. The van der Waals surface area contributed by atoms with E-state index in [0.29, 0.717) is 24.8 Å².